The van der Waals surface area contributed by atoms with Gasteiger partial charge in [-0.1, -0.05) is 0 Å². The van der Waals surface area contributed by atoms with E-state index in [2.05, 4.69) is 4.52 Å². The molecule has 0 aliphatic rings. The fourth-order valence-electron chi connectivity index (χ4n) is 0.246. The Morgan fingerprint density at radius 3 is 2.20 bits per heavy atom. The molecule has 0 amide bonds. The Hall–Kier alpha value is 0.0700. The third kappa shape index (κ3) is 8.07. The minimum atomic E-state index is -3.69. The maximum atomic E-state index is 10.4. The van der Waals surface area contributed by atoms with Crippen LogP contribution in [0.1, 0.15) is 0 Å². The summed E-state index contributed by atoms with van der Waals surface area (Å²) in [4.78, 5) is 10.4. The first-order chi connectivity index (χ1) is 4.21. The maximum absolute atomic E-state index is 10.4. The van der Waals surface area contributed by atoms with Crippen LogP contribution in [0.25, 0.3) is 0 Å². The van der Waals surface area contributed by atoms with E-state index in [0.717, 1.165) is 6.66 Å². The van der Waals surface area contributed by atoms with Crippen molar-refractivity contribution in [2.75, 3.05) is 27.5 Å². The van der Waals surface area contributed by atoms with Gasteiger partial charge in [0.1, 0.15) is 21.7 Å². The van der Waals surface area contributed by atoms with Gasteiger partial charge in [-0.3, -0.25) is 4.52 Å². The van der Waals surface area contributed by atoms with Crippen molar-refractivity contribution in [3.63, 3.8) is 0 Å². The summed E-state index contributed by atoms with van der Waals surface area (Å²) in [6.07, 6.45) is 0. The van der Waals surface area contributed by atoms with Gasteiger partial charge in [0.05, 0.1) is 0 Å². The molecule has 0 aromatic rings. The van der Waals surface area contributed by atoms with Gasteiger partial charge in [0.25, 0.3) is 0 Å². The molecule has 1 unspecified atom stereocenters. The van der Waals surface area contributed by atoms with Gasteiger partial charge < -0.3 is 9.46 Å². The molecule has 0 aliphatic heterocycles. The van der Waals surface area contributed by atoms with Crippen LogP contribution in [0.15, 0.2) is 0 Å². The monoisotopic (exact) mass is 169 g/mol. The summed E-state index contributed by atoms with van der Waals surface area (Å²) in [6, 6.07) is 0. The Bertz CT molecular complexity index is 146. The lowest BCUT2D eigenvalue weighted by atomic mass is 10.9. The van der Waals surface area contributed by atoms with Gasteiger partial charge in [0.2, 0.25) is 6.73 Å². The summed E-state index contributed by atoms with van der Waals surface area (Å²) >= 11 is 0. The average Bonchev–Trinajstić information content (AvgIpc) is 1.57. The lowest BCUT2D eigenvalue weighted by molar-refractivity contribution is -1.08. The van der Waals surface area contributed by atoms with Gasteiger partial charge in [-0.25, -0.2) is 5.21 Å². The van der Waals surface area contributed by atoms with Crippen molar-refractivity contribution in [1.29, 1.82) is 0 Å². The summed E-state index contributed by atoms with van der Waals surface area (Å²) in [6.45, 7) is 0.708. The maximum Gasteiger partial charge on any atom is 0.217 e. The van der Waals surface area contributed by atoms with Crippen molar-refractivity contribution < 1.29 is 23.8 Å². The first-order valence-corrected chi connectivity index (χ1v) is 4.68. The lowest BCUT2D eigenvalue weighted by Gasteiger charge is -2.24. The third-order valence-corrected chi connectivity index (χ3v) is 1.19. The Labute approximate surface area is 59.9 Å². The van der Waals surface area contributed by atoms with Crippen LogP contribution in [0.2, 0.25) is 0 Å². The molecule has 62 valence electrons. The zero-order valence-corrected chi connectivity index (χ0v) is 7.17. The van der Waals surface area contributed by atoms with Crippen LogP contribution >= 0.6 is 7.60 Å². The molecule has 0 saturated heterocycles. The molecule has 1 atom stereocenters. The average molecular weight is 169 g/mol. The summed E-state index contributed by atoms with van der Waals surface area (Å²) in [5, 5.41) is 8.93. The SMILES string of the molecule is C[N+](C)(O)COP(C)(=O)[O-]. The molecule has 0 saturated carbocycles. The van der Waals surface area contributed by atoms with Gasteiger partial charge in [0.15, 0.2) is 0 Å². The highest BCUT2D eigenvalue weighted by molar-refractivity contribution is 7.50. The number of hydrogen-bond acceptors (Lipinski definition) is 4. The van der Waals surface area contributed by atoms with E-state index in [1.807, 2.05) is 0 Å². The summed E-state index contributed by atoms with van der Waals surface area (Å²) in [7, 11) is -0.863. The normalized spacial score (nSPS) is 18.5. The first kappa shape index (κ1) is 10.1. The molecule has 0 rings (SSSR count). The summed E-state index contributed by atoms with van der Waals surface area (Å²) in [5.41, 5.74) is 0. The minimum absolute atomic E-state index is 0.253. The number of quaternary nitrogens is 1. The van der Waals surface area contributed by atoms with Crippen LogP contribution < -0.4 is 4.89 Å². The molecule has 0 radical (unpaired) electrons. The van der Waals surface area contributed by atoms with Crippen molar-refractivity contribution in [1.82, 2.24) is 0 Å². The van der Waals surface area contributed by atoms with E-state index in [4.69, 9.17) is 5.21 Å². The molecule has 10 heavy (non-hydrogen) atoms. The first-order valence-electron chi connectivity index (χ1n) is 2.69. The van der Waals surface area contributed by atoms with E-state index in [1.165, 1.54) is 14.1 Å². The van der Waals surface area contributed by atoms with E-state index < -0.39 is 12.2 Å². The summed E-state index contributed by atoms with van der Waals surface area (Å²) < 4.78 is 14.2. The molecular weight excluding hydrogens is 157 g/mol. The van der Waals surface area contributed by atoms with Gasteiger partial charge in [-0.05, 0) is 0 Å². The minimum Gasteiger partial charge on any atom is -0.779 e. The molecule has 0 bridgehead atoms. The summed E-state index contributed by atoms with van der Waals surface area (Å²) in [5.74, 6) is 0. The van der Waals surface area contributed by atoms with Crippen LogP contribution in [-0.2, 0) is 9.09 Å². The molecule has 0 fully saturated rings. The second-order valence-corrected chi connectivity index (χ2v) is 4.45. The third-order valence-electron chi connectivity index (χ3n) is 0.608. The topological polar surface area (TPSA) is 69.6 Å². The van der Waals surface area contributed by atoms with Crippen molar-refractivity contribution in [3.8, 4) is 0 Å². The predicted octanol–water partition coefficient (Wildman–Crippen LogP) is -0.391. The number of hydrogen-bond donors (Lipinski definition) is 1. The van der Waals surface area contributed by atoms with Crippen LogP contribution in [0.4, 0.5) is 0 Å². The van der Waals surface area contributed by atoms with E-state index in [0.29, 0.717) is 0 Å². The van der Waals surface area contributed by atoms with Crippen LogP contribution in [-0.4, -0.2) is 37.3 Å². The molecular formula is C4H12NO4P. The highest BCUT2D eigenvalue weighted by atomic mass is 31.2. The van der Waals surface area contributed by atoms with E-state index >= 15 is 0 Å². The standard InChI is InChI=1S/C4H12NO4P/c1-5(2,6)4-9-10(3,7)8/h6H,4H2,1-3H3. The van der Waals surface area contributed by atoms with Crippen molar-refractivity contribution in [2.45, 2.75) is 0 Å². The highest BCUT2D eigenvalue weighted by Crippen LogP contribution is 2.31. The fourth-order valence-corrected chi connectivity index (χ4v) is 0.738. The zero-order valence-electron chi connectivity index (χ0n) is 6.27. The Morgan fingerprint density at radius 2 is 2.10 bits per heavy atom. The van der Waals surface area contributed by atoms with Crippen molar-refractivity contribution >= 4 is 7.60 Å². The number of nitrogens with zero attached hydrogens (tertiary/aromatic N) is 1. The van der Waals surface area contributed by atoms with Crippen molar-refractivity contribution in [3.05, 3.63) is 0 Å². The molecule has 0 aliphatic carbocycles. The molecule has 0 spiro atoms. The van der Waals surface area contributed by atoms with Gasteiger partial charge in [-0.2, -0.15) is 4.65 Å². The fraction of sp³-hybridized carbons (Fsp3) is 1.00. The zero-order chi connectivity index (χ0) is 8.41. The van der Waals surface area contributed by atoms with E-state index in [-0.39, 0.29) is 6.73 Å². The highest BCUT2D eigenvalue weighted by Gasteiger charge is 2.12. The Morgan fingerprint density at radius 1 is 1.70 bits per heavy atom. The smallest absolute Gasteiger partial charge is 0.217 e. The Kier molecular flexibility index (Phi) is 3.00. The second-order valence-electron chi connectivity index (χ2n) is 2.65. The predicted molar refractivity (Wildman–Crippen MR) is 33.4 cm³/mol. The van der Waals surface area contributed by atoms with Crippen LogP contribution in [0, 0.1) is 0 Å². The quantitative estimate of drug-likeness (QED) is 0.270. The molecule has 0 aromatic carbocycles. The lowest BCUT2D eigenvalue weighted by Crippen LogP contribution is -2.37. The molecule has 5 nitrogen and oxygen atoms in total. The molecule has 0 heterocycles. The van der Waals surface area contributed by atoms with Gasteiger partial charge in [0, 0.05) is 6.66 Å². The largest absolute Gasteiger partial charge is 0.779 e. The number of hydroxylamine groups is 3. The van der Waals surface area contributed by atoms with Crippen LogP contribution in [0.5, 0.6) is 0 Å². The van der Waals surface area contributed by atoms with E-state index in [1.54, 1.807) is 0 Å². The van der Waals surface area contributed by atoms with E-state index in [9.17, 15) is 9.46 Å². The Balaban J connectivity index is 3.67. The molecule has 6 heteroatoms. The number of rotatable bonds is 3. The molecule has 1 N–H and O–H groups in total. The van der Waals surface area contributed by atoms with Gasteiger partial charge >= 0.3 is 0 Å². The molecule has 0 aromatic heterocycles. The van der Waals surface area contributed by atoms with Gasteiger partial charge in [-0.15, -0.1) is 0 Å². The van der Waals surface area contributed by atoms with Crippen LogP contribution in [0.3, 0.4) is 0 Å². The van der Waals surface area contributed by atoms with Crippen molar-refractivity contribution in [2.24, 2.45) is 0 Å². The second kappa shape index (κ2) is 2.98.